The Hall–Kier alpha value is -5.69. The van der Waals surface area contributed by atoms with E-state index in [0.717, 1.165) is 18.4 Å². The summed E-state index contributed by atoms with van der Waals surface area (Å²) < 4.78 is 27.3. The van der Waals surface area contributed by atoms with E-state index in [4.69, 9.17) is 29.4 Å². The Kier molecular flexibility index (Phi) is 20.1. The van der Waals surface area contributed by atoms with E-state index in [-0.39, 0.29) is 39.3 Å². The third kappa shape index (κ3) is 17.8. The van der Waals surface area contributed by atoms with Crippen molar-refractivity contribution in [2.45, 2.75) is 89.6 Å². The van der Waals surface area contributed by atoms with Crippen molar-refractivity contribution in [3.63, 3.8) is 0 Å². The van der Waals surface area contributed by atoms with Gasteiger partial charge in [-0.15, -0.1) is 0 Å². The van der Waals surface area contributed by atoms with Crippen LogP contribution in [0.15, 0.2) is 97.6 Å². The minimum Gasteiger partial charge on any atom is -0.494 e. The molecule has 0 aliphatic carbocycles. The molecule has 0 aliphatic heterocycles. The number of hydrogen-bond acceptors (Lipinski definition) is 11. The maximum absolute atomic E-state index is 13.6. The molecule has 0 fully saturated rings. The largest absolute Gasteiger partial charge is 0.494 e. The van der Waals surface area contributed by atoms with Crippen LogP contribution in [0.25, 0.3) is 0 Å². The fourth-order valence-electron chi connectivity index (χ4n) is 5.08. The van der Waals surface area contributed by atoms with Gasteiger partial charge in [-0.3, -0.25) is 19.2 Å². The molecule has 13 heteroatoms. The zero-order valence-corrected chi connectivity index (χ0v) is 31.5. The van der Waals surface area contributed by atoms with Gasteiger partial charge in [0.05, 0.1) is 13.0 Å². The van der Waals surface area contributed by atoms with Crippen molar-refractivity contribution in [3.8, 4) is 11.5 Å². The molecule has 3 aromatic rings. The minimum absolute atomic E-state index is 0.0268. The van der Waals surface area contributed by atoms with Gasteiger partial charge in [0.15, 0.2) is 0 Å². The van der Waals surface area contributed by atoms with Crippen molar-refractivity contribution < 1.29 is 47.7 Å². The van der Waals surface area contributed by atoms with E-state index >= 15 is 0 Å². The predicted octanol–water partition coefficient (Wildman–Crippen LogP) is 5.10. The minimum atomic E-state index is -1.51. The van der Waals surface area contributed by atoms with E-state index in [2.05, 4.69) is 24.1 Å². The number of rotatable bonds is 26. The van der Waals surface area contributed by atoms with Gasteiger partial charge in [0.2, 0.25) is 11.8 Å². The highest BCUT2D eigenvalue weighted by atomic mass is 16.5. The molecule has 0 spiro atoms. The molecule has 0 saturated carbocycles. The van der Waals surface area contributed by atoms with Gasteiger partial charge in [0.25, 0.3) is 0 Å². The van der Waals surface area contributed by atoms with Crippen LogP contribution >= 0.6 is 0 Å². The highest BCUT2D eigenvalue weighted by molar-refractivity contribution is 5.94. The lowest BCUT2D eigenvalue weighted by atomic mass is 10.1. The Bertz CT molecular complexity index is 1620. The summed E-state index contributed by atoms with van der Waals surface area (Å²) in [6.07, 6.45) is 5.98. The molecular weight excluding hydrogens is 706 g/mol. The highest BCUT2D eigenvalue weighted by Gasteiger charge is 2.31. The average Bonchev–Trinajstić information content (AvgIpc) is 3.21. The smallest absolute Gasteiger partial charge is 0.328 e. The summed E-state index contributed by atoms with van der Waals surface area (Å²) in [4.78, 5) is 65.3. The number of carbonyl (C=O) groups excluding carboxylic acids is 5. The first-order valence-corrected chi connectivity index (χ1v) is 18.6. The third-order valence-electron chi connectivity index (χ3n) is 8.18. The van der Waals surface area contributed by atoms with Crippen LogP contribution in [0.5, 0.6) is 11.5 Å². The molecule has 13 nitrogen and oxygen atoms in total. The van der Waals surface area contributed by atoms with Crippen LogP contribution in [-0.2, 0) is 51.4 Å². The van der Waals surface area contributed by atoms with E-state index in [0.29, 0.717) is 23.7 Å². The van der Waals surface area contributed by atoms with Gasteiger partial charge in [-0.25, -0.2) is 4.79 Å². The first-order valence-electron chi connectivity index (χ1n) is 18.6. The van der Waals surface area contributed by atoms with E-state index in [1.807, 2.05) is 24.3 Å². The molecule has 0 bridgehead atoms. The second-order valence-corrected chi connectivity index (χ2v) is 12.7. The van der Waals surface area contributed by atoms with Crippen molar-refractivity contribution in [2.75, 3.05) is 19.8 Å². The molecule has 0 heterocycles. The van der Waals surface area contributed by atoms with Gasteiger partial charge >= 0.3 is 17.9 Å². The first kappa shape index (κ1) is 43.7. The number of nitrogens with two attached hydrogens (primary N) is 1. The van der Waals surface area contributed by atoms with Crippen LogP contribution in [0.2, 0.25) is 0 Å². The molecule has 55 heavy (non-hydrogen) atoms. The summed E-state index contributed by atoms with van der Waals surface area (Å²) >= 11 is 0. The lowest BCUT2D eigenvalue weighted by molar-refractivity contribution is -0.151. The topological polar surface area (TPSA) is 182 Å². The quantitative estimate of drug-likeness (QED) is 0.0429. The normalized spacial score (nSPS) is 12.3. The number of hydrogen-bond donors (Lipinski definition) is 3. The van der Waals surface area contributed by atoms with Crippen LogP contribution in [-0.4, -0.2) is 67.7 Å². The number of benzene rings is 3. The van der Waals surface area contributed by atoms with Gasteiger partial charge < -0.3 is 40.1 Å². The standard InChI is InChI=1S/C42H53N3O10/c1-3-5-6-7-14-26-51-33-19-21-34(22-20-33)53-30-35(43)40(48)45-37(27-39(47)52-25-4-2)41(49)44-36(42(50)55-29-32-17-12-9-13-18-32)23-24-38(46)54-28-31-15-10-8-11-16-31/h4,8-13,15-22,35-37H,2-3,5-7,14,23-30,43H2,1H3,(H,44,49)(H,45,48)/t35-,36+,37+/m1/s1. The van der Waals surface area contributed by atoms with Gasteiger partial charge in [0, 0.05) is 6.42 Å². The Labute approximate surface area is 322 Å². The van der Waals surface area contributed by atoms with Crippen molar-refractivity contribution >= 4 is 29.7 Å². The number of esters is 3. The van der Waals surface area contributed by atoms with Crippen molar-refractivity contribution in [2.24, 2.45) is 5.73 Å². The number of carbonyl (C=O) groups is 5. The molecule has 296 valence electrons. The molecule has 4 N–H and O–H groups in total. The molecule has 0 radical (unpaired) electrons. The van der Waals surface area contributed by atoms with Gasteiger partial charge in [0.1, 0.15) is 56.1 Å². The van der Waals surface area contributed by atoms with Crippen LogP contribution in [0.4, 0.5) is 0 Å². The molecule has 3 aromatic carbocycles. The Morgan fingerprint density at radius 3 is 1.89 bits per heavy atom. The van der Waals surface area contributed by atoms with Crippen molar-refractivity contribution in [1.82, 2.24) is 10.6 Å². The second kappa shape index (κ2) is 25.4. The van der Waals surface area contributed by atoms with E-state index < -0.39 is 54.3 Å². The van der Waals surface area contributed by atoms with Crippen LogP contribution < -0.4 is 25.8 Å². The monoisotopic (exact) mass is 759 g/mol. The molecule has 3 atom stereocenters. The zero-order chi connectivity index (χ0) is 39.7. The predicted molar refractivity (Wildman–Crippen MR) is 206 cm³/mol. The van der Waals surface area contributed by atoms with Crippen LogP contribution in [0.3, 0.4) is 0 Å². The molecule has 0 saturated heterocycles. The number of ether oxygens (including phenoxy) is 5. The average molecular weight is 760 g/mol. The summed E-state index contributed by atoms with van der Waals surface area (Å²) in [5.41, 5.74) is 7.60. The zero-order valence-electron chi connectivity index (χ0n) is 31.5. The number of amides is 2. The summed E-state index contributed by atoms with van der Waals surface area (Å²) in [6, 6.07) is 20.7. The summed E-state index contributed by atoms with van der Waals surface area (Å²) in [5, 5.41) is 5.00. The molecule has 0 aromatic heterocycles. The number of nitrogens with one attached hydrogen (secondary N) is 2. The van der Waals surface area contributed by atoms with Gasteiger partial charge in [-0.2, -0.15) is 0 Å². The summed E-state index contributed by atoms with van der Waals surface area (Å²) in [5.74, 6) is -2.83. The first-order chi connectivity index (χ1) is 26.7. The third-order valence-corrected chi connectivity index (χ3v) is 8.18. The fraction of sp³-hybridized carbons (Fsp3) is 0.405. The molecule has 3 rings (SSSR count). The molecule has 0 unspecified atom stereocenters. The SMILES string of the molecule is C=CCOC(=O)C[C@H](NC(=O)[C@H](N)COc1ccc(OCCCCCCC)cc1)C(=O)N[C@@H](CCC(=O)OCc1ccccc1)C(=O)OCc1ccccc1. The fourth-order valence-corrected chi connectivity index (χ4v) is 5.08. The Morgan fingerprint density at radius 1 is 0.691 bits per heavy atom. The van der Waals surface area contributed by atoms with E-state index in [1.54, 1.807) is 60.7 Å². The van der Waals surface area contributed by atoms with Crippen LogP contribution in [0, 0.1) is 0 Å². The maximum Gasteiger partial charge on any atom is 0.328 e. The van der Waals surface area contributed by atoms with Crippen LogP contribution in [0.1, 0.15) is 69.4 Å². The summed E-state index contributed by atoms with van der Waals surface area (Å²) in [6.45, 7) is 5.84. The van der Waals surface area contributed by atoms with E-state index in [1.165, 1.54) is 25.3 Å². The Balaban J connectivity index is 1.62. The van der Waals surface area contributed by atoms with Crippen molar-refractivity contribution in [1.29, 1.82) is 0 Å². The maximum atomic E-state index is 13.6. The lowest BCUT2D eigenvalue weighted by Crippen LogP contribution is -2.56. The lowest BCUT2D eigenvalue weighted by Gasteiger charge is -2.23. The molecule has 2 amide bonds. The highest BCUT2D eigenvalue weighted by Crippen LogP contribution is 2.18. The number of unbranched alkanes of at least 4 members (excludes halogenated alkanes) is 4. The van der Waals surface area contributed by atoms with Gasteiger partial charge in [-0.05, 0) is 48.2 Å². The van der Waals surface area contributed by atoms with E-state index in [9.17, 15) is 24.0 Å². The molecular formula is C42H53N3O10. The van der Waals surface area contributed by atoms with Crippen molar-refractivity contribution in [3.05, 3.63) is 109 Å². The summed E-state index contributed by atoms with van der Waals surface area (Å²) in [7, 11) is 0. The Morgan fingerprint density at radius 2 is 1.27 bits per heavy atom. The second-order valence-electron chi connectivity index (χ2n) is 12.7. The van der Waals surface area contributed by atoms with Gasteiger partial charge in [-0.1, -0.05) is 106 Å². The molecule has 0 aliphatic rings.